The summed E-state index contributed by atoms with van der Waals surface area (Å²) in [7, 11) is -3.35. The van der Waals surface area contributed by atoms with Gasteiger partial charge in [0.25, 0.3) is 0 Å². The number of nitrogens with one attached hydrogen (secondary N) is 3. The highest BCUT2D eigenvalue weighted by Crippen LogP contribution is 2.27. The first-order valence-electron chi connectivity index (χ1n) is 14.8. The topological polar surface area (TPSA) is 143 Å². The molecule has 0 bridgehead atoms. The van der Waals surface area contributed by atoms with E-state index >= 15 is 0 Å². The van der Waals surface area contributed by atoms with Crippen molar-refractivity contribution in [2.75, 3.05) is 22.8 Å². The average Bonchev–Trinajstić information content (AvgIpc) is 2.96. The Morgan fingerprint density at radius 1 is 1.02 bits per heavy atom. The lowest BCUT2D eigenvalue weighted by molar-refractivity contribution is -0.117. The molecule has 5 N–H and O–H groups in total. The largest absolute Gasteiger partial charge is 0.457 e. The van der Waals surface area contributed by atoms with E-state index in [2.05, 4.69) is 27.2 Å². The maximum atomic E-state index is 14.3. The number of primary amides is 1. The molecule has 1 fully saturated rings. The van der Waals surface area contributed by atoms with Crippen LogP contribution >= 0.6 is 0 Å². The lowest BCUT2D eigenvalue weighted by Crippen LogP contribution is -2.50. The minimum atomic E-state index is -3.35. The minimum absolute atomic E-state index is 0.0927. The van der Waals surface area contributed by atoms with E-state index < -0.39 is 40.0 Å². The molecule has 3 amide bonds. The smallest absolute Gasteiger partial charge is 0.319 e. The number of halogens is 2. The van der Waals surface area contributed by atoms with Crippen LogP contribution in [0.5, 0.6) is 11.5 Å². The summed E-state index contributed by atoms with van der Waals surface area (Å²) in [5.41, 5.74) is 6.39. The Kier molecular flexibility index (Phi) is 11.3. The van der Waals surface area contributed by atoms with Crippen LogP contribution in [-0.4, -0.2) is 50.1 Å². The summed E-state index contributed by atoms with van der Waals surface area (Å²) >= 11 is 0. The monoisotopic (exact) mass is 643 g/mol. The van der Waals surface area contributed by atoms with Crippen molar-refractivity contribution in [3.05, 3.63) is 83.4 Å². The summed E-state index contributed by atoms with van der Waals surface area (Å²) in [6, 6.07) is 15.6. The number of ether oxygens (including phenoxy) is 1. The fraction of sp³-hybridized carbons (Fsp3) is 0.375. The van der Waals surface area contributed by atoms with Crippen LogP contribution in [-0.2, 0) is 27.8 Å². The number of rotatable bonds is 13. The number of amides is 3. The van der Waals surface area contributed by atoms with E-state index in [0.29, 0.717) is 29.7 Å². The maximum Gasteiger partial charge on any atom is 0.319 e. The number of piperidine rings is 1. The van der Waals surface area contributed by atoms with E-state index in [0.717, 1.165) is 56.7 Å². The summed E-state index contributed by atoms with van der Waals surface area (Å²) < 4.78 is 59.5. The molecule has 4 rings (SSSR count). The minimum Gasteiger partial charge on any atom is -0.457 e. The number of nitrogens with zero attached hydrogens (tertiary/aromatic N) is 1. The van der Waals surface area contributed by atoms with Gasteiger partial charge in [-0.25, -0.2) is 22.0 Å². The molecule has 242 valence electrons. The van der Waals surface area contributed by atoms with Crippen LogP contribution in [0.4, 0.5) is 25.0 Å². The first-order valence-corrected chi connectivity index (χ1v) is 16.7. The van der Waals surface area contributed by atoms with E-state index in [1.54, 1.807) is 24.3 Å². The lowest BCUT2D eigenvalue weighted by atomic mass is 9.93. The third kappa shape index (κ3) is 10.4. The molecule has 1 saturated heterocycles. The predicted molar refractivity (Wildman–Crippen MR) is 170 cm³/mol. The van der Waals surface area contributed by atoms with Gasteiger partial charge in [-0.05, 0) is 72.9 Å². The van der Waals surface area contributed by atoms with Crippen LogP contribution in [0.1, 0.15) is 50.2 Å². The van der Waals surface area contributed by atoms with Crippen molar-refractivity contribution in [3.8, 4) is 11.5 Å². The number of carbonyl (C=O) groups excluding carboxylic acids is 2. The molecule has 0 saturated carbocycles. The molecule has 1 heterocycles. The number of sulfonamides is 1. The van der Waals surface area contributed by atoms with Crippen molar-refractivity contribution in [1.82, 2.24) is 10.2 Å². The summed E-state index contributed by atoms with van der Waals surface area (Å²) in [5.74, 6) is -1.38. The number of hydrogen-bond donors (Lipinski definition) is 4. The van der Waals surface area contributed by atoms with Gasteiger partial charge in [-0.15, -0.1) is 0 Å². The molecular weight excluding hydrogens is 604 g/mol. The molecule has 3 aromatic carbocycles. The molecule has 13 heteroatoms. The maximum absolute atomic E-state index is 14.3. The number of hydrogen-bond acceptors (Lipinski definition) is 6. The van der Waals surface area contributed by atoms with Crippen LogP contribution in [0, 0.1) is 11.6 Å². The van der Waals surface area contributed by atoms with Crippen molar-refractivity contribution in [2.45, 2.75) is 64.1 Å². The van der Waals surface area contributed by atoms with Gasteiger partial charge in [0, 0.05) is 36.9 Å². The van der Waals surface area contributed by atoms with Gasteiger partial charge in [0.2, 0.25) is 15.9 Å². The summed E-state index contributed by atoms with van der Waals surface area (Å²) in [5, 5.41) is 5.37. The van der Waals surface area contributed by atoms with E-state index in [1.807, 2.05) is 24.3 Å². The molecule has 0 aliphatic carbocycles. The van der Waals surface area contributed by atoms with Gasteiger partial charge >= 0.3 is 6.03 Å². The first kappa shape index (κ1) is 33.7. The standard InChI is InChI=1S/C32H39F2N5O5S/c1-3-4-5-25-18-24(36-32(41)37-30-16-22(17-31(35)40)28(33)19-29(30)34)14-15-39(25)20-21-6-10-26(11-7-21)44-27-12-8-23(9-13-27)38-45(2,42)43/h6-13,16,19,24-25,38H,3-5,14-15,17-18,20H2,1-2H3,(H2,35,40)(H2,36,37,41). The number of unbranched alkanes of at least 4 members (excludes halogenated alkanes) is 1. The van der Waals surface area contributed by atoms with E-state index in [-0.39, 0.29) is 23.3 Å². The molecule has 2 atom stereocenters. The van der Waals surface area contributed by atoms with Crippen LogP contribution in [0.3, 0.4) is 0 Å². The molecule has 1 aliphatic rings. The second kappa shape index (κ2) is 15.2. The number of carbonyl (C=O) groups is 2. The lowest BCUT2D eigenvalue weighted by Gasteiger charge is -2.40. The molecule has 3 aromatic rings. The third-order valence-corrected chi connectivity index (χ3v) is 8.12. The van der Waals surface area contributed by atoms with Crippen molar-refractivity contribution in [1.29, 1.82) is 0 Å². The highest BCUT2D eigenvalue weighted by atomic mass is 32.2. The van der Waals surface area contributed by atoms with Crippen molar-refractivity contribution in [2.24, 2.45) is 5.73 Å². The molecule has 2 unspecified atom stereocenters. The molecular formula is C32H39F2N5O5S. The highest BCUT2D eigenvalue weighted by Gasteiger charge is 2.29. The van der Waals surface area contributed by atoms with Gasteiger partial charge in [-0.1, -0.05) is 31.9 Å². The van der Waals surface area contributed by atoms with Crippen LogP contribution < -0.4 is 25.8 Å². The molecule has 45 heavy (non-hydrogen) atoms. The van der Waals surface area contributed by atoms with E-state index in [9.17, 15) is 26.8 Å². The second-order valence-corrected chi connectivity index (χ2v) is 13.0. The van der Waals surface area contributed by atoms with Gasteiger partial charge in [-0.3, -0.25) is 14.4 Å². The van der Waals surface area contributed by atoms with E-state index in [1.165, 1.54) is 0 Å². The quantitative estimate of drug-likeness (QED) is 0.194. The normalized spacial score (nSPS) is 17.0. The zero-order valence-electron chi connectivity index (χ0n) is 25.3. The highest BCUT2D eigenvalue weighted by molar-refractivity contribution is 7.92. The Morgan fingerprint density at radius 3 is 2.31 bits per heavy atom. The Morgan fingerprint density at radius 2 is 1.69 bits per heavy atom. The van der Waals surface area contributed by atoms with Crippen LogP contribution in [0.25, 0.3) is 0 Å². The van der Waals surface area contributed by atoms with E-state index in [4.69, 9.17) is 10.5 Å². The zero-order valence-corrected chi connectivity index (χ0v) is 26.1. The molecule has 10 nitrogen and oxygen atoms in total. The van der Waals surface area contributed by atoms with Gasteiger partial charge in [0.1, 0.15) is 23.1 Å². The number of likely N-dealkylation sites (tertiary alicyclic amines) is 1. The van der Waals surface area contributed by atoms with Gasteiger partial charge < -0.3 is 21.1 Å². The second-order valence-electron chi connectivity index (χ2n) is 11.3. The molecule has 0 spiro atoms. The number of anilines is 2. The Labute approximate surface area is 262 Å². The van der Waals surface area contributed by atoms with Gasteiger partial charge in [-0.2, -0.15) is 0 Å². The SMILES string of the molecule is CCCCC1CC(NC(=O)Nc2cc(CC(N)=O)c(F)cc2F)CCN1Cc1ccc(Oc2ccc(NS(C)(=O)=O)cc2)cc1. The van der Waals surface area contributed by atoms with Crippen molar-refractivity contribution >= 4 is 33.3 Å². The summed E-state index contributed by atoms with van der Waals surface area (Å²) in [4.78, 5) is 26.4. The van der Waals surface area contributed by atoms with Crippen LogP contribution in [0.2, 0.25) is 0 Å². The fourth-order valence-corrected chi connectivity index (χ4v) is 5.94. The van der Waals surface area contributed by atoms with Crippen molar-refractivity contribution < 1.29 is 31.5 Å². The molecule has 0 radical (unpaired) electrons. The average molecular weight is 644 g/mol. The number of nitrogens with two attached hydrogens (primary N) is 1. The molecule has 1 aliphatic heterocycles. The molecule has 0 aromatic heterocycles. The van der Waals surface area contributed by atoms with Crippen molar-refractivity contribution in [3.63, 3.8) is 0 Å². The van der Waals surface area contributed by atoms with Gasteiger partial charge in [0.05, 0.1) is 18.4 Å². The first-order chi connectivity index (χ1) is 21.4. The van der Waals surface area contributed by atoms with Crippen LogP contribution in [0.15, 0.2) is 60.7 Å². The number of benzene rings is 3. The predicted octanol–water partition coefficient (Wildman–Crippen LogP) is 5.50. The Hall–Kier alpha value is -4.23. The van der Waals surface area contributed by atoms with Gasteiger partial charge in [0.15, 0.2) is 0 Å². The Bertz CT molecular complexity index is 1590. The number of urea groups is 1. The summed E-state index contributed by atoms with van der Waals surface area (Å²) in [6.07, 6.45) is 5.14. The fourth-order valence-electron chi connectivity index (χ4n) is 5.37. The summed E-state index contributed by atoms with van der Waals surface area (Å²) in [6.45, 7) is 3.61. The Balaban J connectivity index is 1.33. The zero-order chi connectivity index (χ0) is 32.6. The third-order valence-electron chi connectivity index (χ3n) is 7.52.